The molecule has 5 rings (SSSR count). The van der Waals surface area contributed by atoms with Gasteiger partial charge in [0.2, 0.25) is 5.79 Å². The SMILES string of the molecule is CC[C@@H](C=O)[C@H]1CC[C@H](C)[C@H]([C@@H](C)[C@H](O)[C@H](C)C(=NC)[C@H](CC)[C@H]2O[C@]3(C=C[C@@H](O)[C@]4(CC[C@@](C)([C@H]5CC[C@](O)(CC)[C@H](C)O5)O4)O3)[C@H](C)C[C@@H]2C)O1. The number of hydrogen-bond donors (Lipinski definition) is 3. The summed E-state index contributed by atoms with van der Waals surface area (Å²) in [6.45, 7) is 20.8. The Bertz CT molecular complexity index is 1310. The predicted molar refractivity (Wildman–Crippen MR) is 205 cm³/mol. The number of aliphatic imine (C=N–C) groups is 1. The van der Waals surface area contributed by atoms with E-state index in [1.807, 2.05) is 40.8 Å². The number of hydrogen-bond acceptors (Lipinski definition) is 10. The van der Waals surface area contributed by atoms with Crippen LogP contribution in [0.15, 0.2) is 17.1 Å². The van der Waals surface area contributed by atoms with Gasteiger partial charge in [-0.25, -0.2) is 0 Å². The van der Waals surface area contributed by atoms with Crippen LogP contribution in [0.2, 0.25) is 0 Å². The lowest BCUT2D eigenvalue weighted by atomic mass is 9.72. The molecule has 18 atom stereocenters. The fourth-order valence-electron chi connectivity index (χ4n) is 10.7. The molecule has 304 valence electrons. The van der Waals surface area contributed by atoms with Crippen molar-refractivity contribution in [2.75, 3.05) is 7.05 Å². The third kappa shape index (κ3) is 8.01. The number of rotatable bonds is 12. The first-order valence-corrected chi connectivity index (χ1v) is 21.1. The molecule has 5 heterocycles. The van der Waals surface area contributed by atoms with Gasteiger partial charge in [0.1, 0.15) is 12.4 Å². The molecule has 0 aromatic rings. The molecule has 0 aliphatic carbocycles. The van der Waals surface area contributed by atoms with Crippen LogP contribution in [0, 0.1) is 41.4 Å². The number of carbonyl (C=O) groups excluding carboxylic acids is 1. The number of carbonyl (C=O) groups is 1. The van der Waals surface area contributed by atoms with Crippen LogP contribution in [0.25, 0.3) is 0 Å². The molecule has 4 fully saturated rings. The normalized spacial score (nSPS) is 46.6. The molecule has 10 heteroatoms. The summed E-state index contributed by atoms with van der Waals surface area (Å²) in [5.74, 6) is -2.63. The maximum atomic E-state index is 12.0. The second-order valence-corrected chi connectivity index (χ2v) is 18.0. The summed E-state index contributed by atoms with van der Waals surface area (Å²) in [6.07, 6.45) is 9.13. The lowest BCUT2D eigenvalue weighted by Crippen LogP contribution is -2.63. The molecule has 0 radical (unpaired) electrons. The van der Waals surface area contributed by atoms with Crippen molar-refractivity contribution >= 4 is 12.0 Å². The Morgan fingerprint density at radius 2 is 1.68 bits per heavy atom. The van der Waals surface area contributed by atoms with Gasteiger partial charge in [0.05, 0.1) is 47.8 Å². The molecule has 5 aliphatic heterocycles. The number of ether oxygens (including phenoxy) is 5. The van der Waals surface area contributed by atoms with Gasteiger partial charge >= 0.3 is 0 Å². The Hall–Kier alpha value is -1.24. The molecule has 0 bridgehead atoms. The number of aliphatic hydroxyl groups is 3. The molecule has 4 saturated heterocycles. The van der Waals surface area contributed by atoms with Crippen LogP contribution in [-0.2, 0) is 28.5 Å². The van der Waals surface area contributed by atoms with Crippen molar-refractivity contribution in [1.29, 1.82) is 0 Å². The van der Waals surface area contributed by atoms with E-state index in [2.05, 4.69) is 41.5 Å². The van der Waals surface area contributed by atoms with Crippen molar-refractivity contribution in [2.45, 2.75) is 199 Å². The minimum atomic E-state index is -1.30. The Morgan fingerprint density at radius 1 is 0.962 bits per heavy atom. The highest BCUT2D eigenvalue weighted by molar-refractivity contribution is 5.89. The van der Waals surface area contributed by atoms with E-state index in [0.29, 0.717) is 32.1 Å². The third-order valence-corrected chi connectivity index (χ3v) is 14.7. The van der Waals surface area contributed by atoms with E-state index in [4.69, 9.17) is 28.7 Å². The molecule has 0 unspecified atom stereocenters. The van der Waals surface area contributed by atoms with Crippen molar-refractivity contribution in [3.05, 3.63) is 12.2 Å². The van der Waals surface area contributed by atoms with Crippen LogP contribution in [0.4, 0.5) is 0 Å². The lowest BCUT2D eigenvalue weighted by molar-refractivity contribution is -0.408. The summed E-state index contributed by atoms with van der Waals surface area (Å²) in [6, 6.07) is 0. The van der Waals surface area contributed by atoms with Crippen LogP contribution < -0.4 is 0 Å². The molecule has 0 aromatic heterocycles. The van der Waals surface area contributed by atoms with E-state index < -0.39 is 35.0 Å². The predicted octanol–water partition coefficient (Wildman–Crippen LogP) is 6.80. The van der Waals surface area contributed by atoms with Crippen molar-refractivity contribution in [3.63, 3.8) is 0 Å². The smallest absolute Gasteiger partial charge is 0.202 e. The molecule has 53 heavy (non-hydrogen) atoms. The molecule has 3 N–H and O–H groups in total. The van der Waals surface area contributed by atoms with Gasteiger partial charge in [-0.05, 0) is 95.6 Å². The highest BCUT2D eigenvalue weighted by Crippen LogP contribution is 2.54. The van der Waals surface area contributed by atoms with Crippen LogP contribution in [0.1, 0.15) is 133 Å². The molecular formula is C43H73NO9. The first-order valence-electron chi connectivity index (χ1n) is 21.1. The molecule has 0 amide bonds. The Labute approximate surface area is 319 Å². The zero-order valence-corrected chi connectivity index (χ0v) is 34.6. The maximum absolute atomic E-state index is 12.0. The molecule has 10 nitrogen and oxygen atoms in total. The Kier molecular flexibility index (Phi) is 13.5. The largest absolute Gasteiger partial charge is 0.392 e. The van der Waals surface area contributed by atoms with Gasteiger partial charge in [-0.15, -0.1) is 0 Å². The summed E-state index contributed by atoms with van der Waals surface area (Å²) < 4.78 is 34.1. The van der Waals surface area contributed by atoms with Gasteiger partial charge in [0.15, 0.2) is 5.79 Å². The number of aldehydes is 1. The van der Waals surface area contributed by atoms with E-state index in [-0.39, 0.29) is 71.9 Å². The standard InChI is InChI=1S/C43H73NO9/c1-12-31(24-45)33-16-15-25(4)38(50-33)29(8)37(47)28(7)36(44-11)32(13-2)39-26(5)23-27(6)42(51-39)20-17-34(46)43(53-42)22-21-40(10,52-43)35-18-19-41(48,14-3)30(9)49-35/h17,20,24-35,37-39,46-48H,12-16,18-19,21-23H2,1-11H3/t25-,26-,27+,28+,29-,30-,31-,32-,33+,34+,35+,37+,38+,39-,40-,41+,42-,43-/m0/s1. The first-order chi connectivity index (χ1) is 25.0. The van der Waals surface area contributed by atoms with Crippen molar-refractivity contribution in [3.8, 4) is 0 Å². The monoisotopic (exact) mass is 748 g/mol. The molecule has 2 spiro atoms. The molecule has 0 aromatic carbocycles. The fraction of sp³-hybridized carbons (Fsp3) is 0.907. The Balaban J connectivity index is 1.34. The second kappa shape index (κ2) is 16.7. The van der Waals surface area contributed by atoms with Crippen LogP contribution >= 0.6 is 0 Å². The van der Waals surface area contributed by atoms with Crippen molar-refractivity contribution < 1.29 is 43.8 Å². The quantitative estimate of drug-likeness (QED) is 0.112. The van der Waals surface area contributed by atoms with Gasteiger partial charge in [0, 0.05) is 48.8 Å². The lowest BCUT2D eigenvalue weighted by Gasteiger charge is -2.54. The average molecular weight is 748 g/mol. The van der Waals surface area contributed by atoms with Crippen LogP contribution in [0.3, 0.4) is 0 Å². The summed E-state index contributed by atoms with van der Waals surface area (Å²) in [5, 5.41) is 34.6. The van der Waals surface area contributed by atoms with Gasteiger partial charge in [0.25, 0.3) is 0 Å². The highest BCUT2D eigenvalue weighted by atomic mass is 16.8. The second-order valence-electron chi connectivity index (χ2n) is 18.0. The van der Waals surface area contributed by atoms with Crippen LogP contribution in [-0.4, -0.2) is 99.9 Å². The third-order valence-electron chi connectivity index (χ3n) is 14.7. The summed E-state index contributed by atoms with van der Waals surface area (Å²) >= 11 is 0. The minimum absolute atomic E-state index is 0.0194. The molecular weight excluding hydrogens is 674 g/mol. The molecule has 5 aliphatic rings. The van der Waals surface area contributed by atoms with E-state index in [9.17, 15) is 20.1 Å². The van der Waals surface area contributed by atoms with Gasteiger partial charge in [-0.1, -0.05) is 55.4 Å². The summed E-state index contributed by atoms with van der Waals surface area (Å²) in [4.78, 5) is 16.7. The zero-order valence-electron chi connectivity index (χ0n) is 34.6. The minimum Gasteiger partial charge on any atom is -0.392 e. The zero-order chi connectivity index (χ0) is 39.1. The van der Waals surface area contributed by atoms with Crippen molar-refractivity contribution in [2.24, 2.45) is 46.4 Å². The topological polar surface area (TPSA) is 136 Å². The van der Waals surface area contributed by atoms with Gasteiger partial charge in [-0.3, -0.25) is 4.99 Å². The summed E-state index contributed by atoms with van der Waals surface area (Å²) in [7, 11) is 1.81. The number of nitrogens with zero attached hydrogens (tertiary/aromatic N) is 1. The van der Waals surface area contributed by atoms with E-state index in [1.165, 1.54) is 0 Å². The fourth-order valence-corrected chi connectivity index (χ4v) is 10.7. The van der Waals surface area contributed by atoms with Crippen LogP contribution in [0.5, 0.6) is 0 Å². The van der Waals surface area contributed by atoms with Crippen molar-refractivity contribution in [1.82, 2.24) is 0 Å². The average Bonchev–Trinajstić information content (AvgIpc) is 3.49. The Morgan fingerprint density at radius 3 is 2.28 bits per heavy atom. The van der Waals surface area contributed by atoms with Gasteiger partial charge in [-0.2, -0.15) is 0 Å². The molecule has 0 saturated carbocycles. The first kappa shape index (κ1) is 42.9. The number of aliphatic hydroxyl groups excluding tert-OH is 2. The summed E-state index contributed by atoms with van der Waals surface area (Å²) in [5.41, 5.74) is -0.638. The van der Waals surface area contributed by atoms with E-state index in [0.717, 1.165) is 44.1 Å². The maximum Gasteiger partial charge on any atom is 0.202 e. The van der Waals surface area contributed by atoms with Gasteiger partial charge < -0.3 is 43.8 Å². The van der Waals surface area contributed by atoms with E-state index in [1.54, 1.807) is 6.08 Å². The van der Waals surface area contributed by atoms with E-state index >= 15 is 0 Å². The highest BCUT2D eigenvalue weighted by Gasteiger charge is 2.63.